The van der Waals surface area contributed by atoms with Crippen molar-refractivity contribution >= 4 is 5.78 Å². The maximum atomic E-state index is 12.8. The van der Waals surface area contributed by atoms with Crippen molar-refractivity contribution in [2.75, 3.05) is 0 Å². The van der Waals surface area contributed by atoms with E-state index in [0.717, 1.165) is 11.1 Å². The molecular weight excluding hydrogens is 286 g/mol. The molecule has 0 amide bonds. The van der Waals surface area contributed by atoms with Crippen LogP contribution in [0.25, 0.3) is 0 Å². The molecule has 0 aliphatic rings. The highest BCUT2D eigenvalue weighted by Crippen LogP contribution is 2.23. The summed E-state index contributed by atoms with van der Waals surface area (Å²) < 4.78 is 5.95. The zero-order valence-electron chi connectivity index (χ0n) is 12.6. The molecule has 0 aliphatic carbocycles. The lowest BCUT2D eigenvalue weighted by atomic mass is 10.00. The van der Waals surface area contributed by atoms with Crippen LogP contribution in [-0.2, 0) is 11.3 Å². The Bertz CT molecular complexity index is 742. The van der Waals surface area contributed by atoms with E-state index in [4.69, 9.17) is 4.74 Å². The molecule has 3 rings (SSSR count). The molecule has 0 aliphatic heterocycles. The van der Waals surface area contributed by atoms with Gasteiger partial charge in [0.2, 0.25) is 0 Å². The molecule has 2 aromatic carbocycles. The molecule has 114 valence electrons. The summed E-state index contributed by atoms with van der Waals surface area (Å²) in [6.07, 6.45) is 2.82. The van der Waals surface area contributed by atoms with Crippen molar-refractivity contribution in [3.05, 3.63) is 102 Å². The van der Waals surface area contributed by atoms with Crippen molar-refractivity contribution in [3.63, 3.8) is 0 Å². The summed E-state index contributed by atoms with van der Waals surface area (Å²) in [7, 11) is 0. The van der Waals surface area contributed by atoms with E-state index in [2.05, 4.69) is 4.98 Å². The van der Waals surface area contributed by atoms with Gasteiger partial charge in [0.15, 0.2) is 5.78 Å². The molecule has 3 nitrogen and oxygen atoms in total. The number of rotatable bonds is 6. The second kappa shape index (κ2) is 7.47. The van der Waals surface area contributed by atoms with Crippen LogP contribution in [0.15, 0.2) is 85.2 Å². The Hall–Kier alpha value is -2.78. The van der Waals surface area contributed by atoms with Crippen molar-refractivity contribution in [1.82, 2.24) is 4.98 Å². The number of pyridine rings is 1. The van der Waals surface area contributed by atoms with Gasteiger partial charge in [-0.2, -0.15) is 0 Å². The van der Waals surface area contributed by atoms with E-state index >= 15 is 0 Å². The molecule has 0 N–H and O–H groups in total. The van der Waals surface area contributed by atoms with Gasteiger partial charge in [-0.25, -0.2) is 0 Å². The molecule has 23 heavy (non-hydrogen) atoms. The Morgan fingerprint density at radius 3 is 2.13 bits per heavy atom. The van der Waals surface area contributed by atoms with Crippen LogP contribution in [0.5, 0.6) is 0 Å². The van der Waals surface area contributed by atoms with Crippen LogP contribution < -0.4 is 0 Å². The fraction of sp³-hybridized carbons (Fsp3) is 0.100. The molecule has 0 spiro atoms. The normalized spacial score (nSPS) is 11.8. The fourth-order valence-corrected chi connectivity index (χ4v) is 2.36. The van der Waals surface area contributed by atoms with Gasteiger partial charge in [0, 0.05) is 18.0 Å². The van der Waals surface area contributed by atoms with Gasteiger partial charge < -0.3 is 4.74 Å². The molecule has 0 bridgehead atoms. The van der Waals surface area contributed by atoms with E-state index in [9.17, 15) is 4.79 Å². The third-order valence-corrected chi connectivity index (χ3v) is 3.56. The van der Waals surface area contributed by atoms with Crippen LogP contribution in [-0.4, -0.2) is 10.8 Å². The van der Waals surface area contributed by atoms with Gasteiger partial charge in [0.25, 0.3) is 0 Å². The lowest BCUT2D eigenvalue weighted by Gasteiger charge is -2.17. The van der Waals surface area contributed by atoms with E-state index in [0.29, 0.717) is 12.2 Å². The number of carbonyl (C=O) groups is 1. The van der Waals surface area contributed by atoms with Gasteiger partial charge in [0.05, 0.1) is 6.61 Å². The highest BCUT2D eigenvalue weighted by atomic mass is 16.5. The Balaban J connectivity index is 1.84. The van der Waals surface area contributed by atoms with E-state index < -0.39 is 6.10 Å². The third kappa shape index (κ3) is 3.90. The summed E-state index contributed by atoms with van der Waals surface area (Å²) in [4.78, 5) is 16.8. The van der Waals surface area contributed by atoms with Crippen molar-refractivity contribution < 1.29 is 9.53 Å². The van der Waals surface area contributed by atoms with Gasteiger partial charge in [-0.1, -0.05) is 60.7 Å². The molecule has 3 heteroatoms. The fourth-order valence-electron chi connectivity index (χ4n) is 2.36. The first-order valence-corrected chi connectivity index (χ1v) is 7.49. The van der Waals surface area contributed by atoms with Crippen LogP contribution in [0, 0.1) is 0 Å². The summed E-state index contributed by atoms with van der Waals surface area (Å²) in [5, 5.41) is 0. The molecule has 1 aromatic heterocycles. The summed E-state index contributed by atoms with van der Waals surface area (Å²) in [5.74, 6) is -0.0362. The number of aromatic nitrogens is 1. The Kier molecular flexibility index (Phi) is 4.92. The van der Waals surface area contributed by atoms with E-state index in [1.54, 1.807) is 12.4 Å². The quantitative estimate of drug-likeness (QED) is 0.640. The Morgan fingerprint density at radius 2 is 1.48 bits per heavy atom. The summed E-state index contributed by atoms with van der Waals surface area (Å²) in [6, 6.07) is 22.6. The zero-order chi connectivity index (χ0) is 15.9. The molecule has 3 aromatic rings. The van der Waals surface area contributed by atoms with Crippen LogP contribution >= 0.6 is 0 Å². The van der Waals surface area contributed by atoms with Crippen LogP contribution in [0.3, 0.4) is 0 Å². The first-order chi connectivity index (χ1) is 11.3. The van der Waals surface area contributed by atoms with Crippen molar-refractivity contribution in [3.8, 4) is 0 Å². The minimum absolute atomic E-state index is 0.0362. The maximum Gasteiger partial charge on any atom is 0.196 e. The largest absolute Gasteiger partial charge is 0.361 e. The third-order valence-electron chi connectivity index (χ3n) is 3.56. The minimum atomic E-state index is -0.619. The van der Waals surface area contributed by atoms with Gasteiger partial charge in [0.1, 0.15) is 6.10 Å². The number of hydrogen-bond donors (Lipinski definition) is 0. The second-order valence-electron chi connectivity index (χ2n) is 5.19. The van der Waals surface area contributed by atoms with Crippen molar-refractivity contribution in [2.45, 2.75) is 12.7 Å². The molecular formula is C20H17NO2. The van der Waals surface area contributed by atoms with E-state index in [1.807, 2.05) is 72.8 Å². The topological polar surface area (TPSA) is 39.2 Å². The van der Waals surface area contributed by atoms with Crippen molar-refractivity contribution in [1.29, 1.82) is 0 Å². The molecule has 1 unspecified atom stereocenters. The summed E-state index contributed by atoms with van der Waals surface area (Å²) in [5.41, 5.74) is 2.49. The first kappa shape index (κ1) is 15.1. The van der Waals surface area contributed by atoms with Crippen molar-refractivity contribution in [2.24, 2.45) is 0 Å². The van der Waals surface area contributed by atoms with E-state index in [1.165, 1.54) is 0 Å². The molecule has 0 radical (unpaired) electrons. The molecule has 0 fully saturated rings. The Morgan fingerprint density at radius 1 is 0.870 bits per heavy atom. The number of nitrogens with zero attached hydrogens (tertiary/aromatic N) is 1. The SMILES string of the molecule is O=C(c1ccccc1)C(OCc1ccncc1)c1ccccc1. The molecule has 0 saturated carbocycles. The van der Waals surface area contributed by atoms with Gasteiger partial charge in [-0.3, -0.25) is 9.78 Å². The number of ketones is 1. The average Bonchev–Trinajstić information content (AvgIpc) is 2.64. The van der Waals surface area contributed by atoms with Gasteiger partial charge in [-0.05, 0) is 23.3 Å². The number of ether oxygens (including phenoxy) is 1. The molecule has 0 saturated heterocycles. The number of Topliss-reactive ketones (excluding diaryl/α,β-unsaturated/α-hetero) is 1. The monoisotopic (exact) mass is 303 g/mol. The lowest BCUT2D eigenvalue weighted by molar-refractivity contribution is 0.0334. The van der Waals surface area contributed by atoms with Crippen LogP contribution in [0.4, 0.5) is 0 Å². The second-order valence-corrected chi connectivity index (χ2v) is 5.19. The zero-order valence-corrected chi connectivity index (χ0v) is 12.6. The average molecular weight is 303 g/mol. The lowest BCUT2D eigenvalue weighted by Crippen LogP contribution is -2.16. The predicted molar refractivity (Wildman–Crippen MR) is 89.0 cm³/mol. The number of benzene rings is 2. The maximum absolute atomic E-state index is 12.8. The Labute approximate surface area is 135 Å². The summed E-state index contributed by atoms with van der Waals surface area (Å²) >= 11 is 0. The van der Waals surface area contributed by atoms with Crippen LogP contribution in [0.1, 0.15) is 27.6 Å². The molecule has 1 heterocycles. The summed E-state index contributed by atoms with van der Waals surface area (Å²) in [6.45, 7) is 0.362. The smallest absolute Gasteiger partial charge is 0.196 e. The highest BCUT2D eigenvalue weighted by molar-refractivity contribution is 6.00. The number of hydrogen-bond acceptors (Lipinski definition) is 3. The van der Waals surface area contributed by atoms with Crippen LogP contribution in [0.2, 0.25) is 0 Å². The molecule has 1 atom stereocenters. The standard InChI is InChI=1S/C20H17NO2/c22-19(17-7-3-1-4-8-17)20(18-9-5-2-6-10-18)23-15-16-11-13-21-14-12-16/h1-14,20H,15H2. The van der Waals surface area contributed by atoms with Gasteiger partial charge in [-0.15, -0.1) is 0 Å². The first-order valence-electron chi connectivity index (χ1n) is 7.49. The predicted octanol–water partition coefficient (Wildman–Crippen LogP) is 4.22. The minimum Gasteiger partial charge on any atom is -0.361 e. The van der Waals surface area contributed by atoms with E-state index in [-0.39, 0.29) is 5.78 Å². The highest BCUT2D eigenvalue weighted by Gasteiger charge is 2.22. The van der Waals surface area contributed by atoms with Gasteiger partial charge >= 0.3 is 0 Å². The number of carbonyl (C=O) groups excluding carboxylic acids is 1.